The molecule has 0 spiro atoms. The van der Waals surface area contributed by atoms with Gasteiger partial charge >= 0.3 is 0 Å². The largest absolute Gasteiger partial charge is 0.329 e. The summed E-state index contributed by atoms with van der Waals surface area (Å²) in [4.78, 5) is 8.50. The molecule has 0 aromatic carbocycles. The molecule has 1 aliphatic heterocycles. The summed E-state index contributed by atoms with van der Waals surface area (Å²) >= 11 is 0. The van der Waals surface area contributed by atoms with Crippen LogP contribution in [-0.2, 0) is 6.54 Å². The van der Waals surface area contributed by atoms with Gasteiger partial charge < -0.3 is 9.88 Å². The molecule has 18 heavy (non-hydrogen) atoms. The predicted octanol–water partition coefficient (Wildman–Crippen LogP) is 2.06. The maximum atomic E-state index is 4.30. The Morgan fingerprint density at radius 2 is 2.33 bits per heavy atom. The highest BCUT2D eigenvalue weighted by molar-refractivity contribution is 5.22. The Labute approximate surface area is 107 Å². The molecule has 94 valence electrons. The monoisotopic (exact) mass is 242 g/mol. The molecule has 4 nitrogen and oxygen atoms in total. The number of hydrogen-bond acceptors (Lipinski definition) is 3. The second-order valence-corrected chi connectivity index (χ2v) is 4.90. The minimum absolute atomic E-state index is 0.462. The highest BCUT2D eigenvalue weighted by Gasteiger charge is 2.19. The highest BCUT2D eigenvalue weighted by Crippen LogP contribution is 2.23. The van der Waals surface area contributed by atoms with E-state index in [0.29, 0.717) is 6.04 Å². The van der Waals surface area contributed by atoms with Gasteiger partial charge in [0.25, 0.3) is 0 Å². The minimum Gasteiger partial charge on any atom is -0.329 e. The first-order valence-electron chi connectivity index (χ1n) is 6.47. The Bertz CT molecular complexity index is 526. The van der Waals surface area contributed by atoms with Crippen molar-refractivity contribution in [2.24, 2.45) is 0 Å². The van der Waals surface area contributed by atoms with Crippen LogP contribution in [0.15, 0.2) is 31.0 Å². The van der Waals surface area contributed by atoms with E-state index in [9.17, 15) is 0 Å². The lowest BCUT2D eigenvalue weighted by molar-refractivity contribution is 0.583. The van der Waals surface area contributed by atoms with Crippen LogP contribution in [0.25, 0.3) is 0 Å². The van der Waals surface area contributed by atoms with Gasteiger partial charge in [0.15, 0.2) is 0 Å². The van der Waals surface area contributed by atoms with Gasteiger partial charge in [-0.2, -0.15) is 0 Å². The van der Waals surface area contributed by atoms with E-state index in [1.54, 1.807) is 0 Å². The first-order valence-corrected chi connectivity index (χ1v) is 6.47. The van der Waals surface area contributed by atoms with Crippen LogP contribution < -0.4 is 5.32 Å². The molecule has 1 saturated heterocycles. The van der Waals surface area contributed by atoms with Crippen LogP contribution in [0.2, 0.25) is 0 Å². The summed E-state index contributed by atoms with van der Waals surface area (Å²) in [6, 6.07) is 2.52. The summed E-state index contributed by atoms with van der Waals surface area (Å²) in [5.41, 5.74) is 3.83. The van der Waals surface area contributed by atoms with E-state index >= 15 is 0 Å². The van der Waals surface area contributed by atoms with E-state index in [1.807, 2.05) is 24.9 Å². The number of nitrogens with one attached hydrogen (secondary N) is 1. The highest BCUT2D eigenvalue weighted by atomic mass is 15.1. The van der Waals surface area contributed by atoms with Crippen LogP contribution in [0.5, 0.6) is 0 Å². The molecule has 1 fully saturated rings. The second-order valence-electron chi connectivity index (χ2n) is 4.90. The van der Waals surface area contributed by atoms with Gasteiger partial charge in [-0.05, 0) is 43.5 Å². The van der Waals surface area contributed by atoms with Gasteiger partial charge in [-0.25, -0.2) is 4.98 Å². The fraction of sp³-hybridized carbons (Fsp3) is 0.429. The lowest BCUT2D eigenvalue weighted by atomic mass is 10.1. The van der Waals surface area contributed by atoms with E-state index in [0.717, 1.165) is 13.1 Å². The lowest BCUT2D eigenvalue weighted by Crippen LogP contribution is -2.17. The first-order chi connectivity index (χ1) is 8.84. The minimum atomic E-state index is 0.462. The summed E-state index contributed by atoms with van der Waals surface area (Å²) in [6.45, 7) is 4.09. The van der Waals surface area contributed by atoms with Crippen molar-refractivity contribution in [2.75, 3.05) is 6.54 Å². The molecule has 2 aromatic heterocycles. The molecule has 0 radical (unpaired) electrons. The van der Waals surface area contributed by atoms with Crippen molar-refractivity contribution < 1.29 is 0 Å². The number of imidazole rings is 1. The van der Waals surface area contributed by atoms with E-state index in [4.69, 9.17) is 0 Å². The summed E-state index contributed by atoms with van der Waals surface area (Å²) in [5.74, 6) is 0. The Morgan fingerprint density at radius 3 is 3.11 bits per heavy atom. The molecule has 0 amide bonds. The lowest BCUT2D eigenvalue weighted by Gasteiger charge is -2.14. The van der Waals surface area contributed by atoms with Crippen LogP contribution in [0.3, 0.4) is 0 Å². The molecular weight excluding hydrogens is 224 g/mol. The van der Waals surface area contributed by atoms with Crippen LogP contribution in [0.1, 0.15) is 35.7 Å². The van der Waals surface area contributed by atoms with Gasteiger partial charge in [-0.1, -0.05) is 0 Å². The van der Waals surface area contributed by atoms with Crippen LogP contribution >= 0.6 is 0 Å². The van der Waals surface area contributed by atoms with E-state index in [-0.39, 0.29) is 0 Å². The van der Waals surface area contributed by atoms with Crippen molar-refractivity contribution in [1.29, 1.82) is 0 Å². The van der Waals surface area contributed by atoms with Gasteiger partial charge in [0, 0.05) is 24.6 Å². The molecule has 4 heteroatoms. The fourth-order valence-corrected chi connectivity index (χ4v) is 2.54. The third-order valence-corrected chi connectivity index (χ3v) is 3.65. The average molecular weight is 242 g/mol. The molecule has 1 N–H and O–H groups in total. The molecule has 3 rings (SSSR count). The Kier molecular flexibility index (Phi) is 3.11. The zero-order chi connectivity index (χ0) is 12.4. The molecule has 3 heterocycles. The quantitative estimate of drug-likeness (QED) is 0.896. The van der Waals surface area contributed by atoms with Crippen molar-refractivity contribution in [3.63, 3.8) is 0 Å². The Hall–Kier alpha value is -1.68. The van der Waals surface area contributed by atoms with Crippen molar-refractivity contribution in [2.45, 2.75) is 32.4 Å². The normalized spacial score (nSPS) is 19.3. The van der Waals surface area contributed by atoms with Crippen LogP contribution in [0, 0.1) is 6.92 Å². The number of aryl methyl sites for hydroxylation is 1. The van der Waals surface area contributed by atoms with Gasteiger partial charge in [-0.15, -0.1) is 0 Å². The van der Waals surface area contributed by atoms with Crippen molar-refractivity contribution in [1.82, 2.24) is 19.9 Å². The second kappa shape index (κ2) is 4.90. The van der Waals surface area contributed by atoms with Crippen LogP contribution in [0.4, 0.5) is 0 Å². The molecule has 1 aliphatic rings. The average Bonchev–Trinajstić information content (AvgIpc) is 3.02. The van der Waals surface area contributed by atoms with E-state index in [2.05, 4.69) is 32.8 Å². The Morgan fingerprint density at radius 1 is 1.39 bits per heavy atom. The predicted molar refractivity (Wildman–Crippen MR) is 70.3 cm³/mol. The SMILES string of the molecule is Cc1ccncc1Cn1cncc1C1CCCN1. The molecule has 0 saturated carbocycles. The molecule has 1 unspecified atom stereocenters. The first kappa shape index (κ1) is 11.4. The molecule has 0 bridgehead atoms. The zero-order valence-corrected chi connectivity index (χ0v) is 10.6. The maximum Gasteiger partial charge on any atom is 0.0951 e. The van der Waals surface area contributed by atoms with Crippen LogP contribution in [-0.4, -0.2) is 21.1 Å². The number of nitrogens with zero attached hydrogens (tertiary/aromatic N) is 3. The van der Waals surface area contributed by atoms with Gasteiger partial charge in [0.1, 0.15) is 0 Å². The fourth-order valence-electron chi connectivity index (χ4n) is 2.54. The van der Waals surface area contributed by atoms with Crippen molar-refractivity contribution >= 4 is 0 Å². The summed E-state index contributed by atoms with van der Waals surface area (Å²) in [7, 11) is 0. The zero-order valence-electron chi connectivity index (χ0n) is 10.6. The number of hydrogen-bond donors (Lipinski definition) is 1. The smallest absolute Gasteiger partial charge is 0.0951 e. The molecular formula is C14H18N4. The summed E-state index contributed by atoms with van der Waals surface area (Å²) < 4.78 is 2.23. The third-order valence-electron chi connectivity index (χ3n) is 3.65. The van der Waals surface area contributed by atoms with Gasteiger partial charge in [0.05, 0.1) is 18.6 Å². The number of rotatable bonds is 3. The molecule has 1 atom stereocenters. The maximum absolute atomic E-state index is 4.30. The number of aromatic nitrogens is 3. The summed E-state index contributed by atoms with van der Waals surface area (Å²) in [6.07, 6.45) is 10.1. The Balaban J connectivity index is 1.85. The van der Waals surface area contributed by atoms with Gasteiger partial charge in [0.2, 0.25) is 0 Å². The summed E-state index contributed by atoms with van der Waals surface area (Å²) in [5, 5.41) is 3.52. The third kappa shape index (κ3) is 2.16. The van der Waals surface area contributed by atoms with Crippen molar-refractivity contribution in [3.05, 3.63) is 47.8 Å². The molecule has 0 aliphatic carbocycles. The number of pyridine rings is 1. The standard InChI is InChI=1S/C14H18N4/c1-11-4-6-15-7-12(11)9-18-10-16-8-14(18)13-3-2-5-17-13/h4,6-8,10,13,17H,2-3,5,9H2,1H3. The van der Waals surface area contributed by atoms with E-state index in [1.165, 1.54) is 29.7 Å². The van der Waals surface area contributed by atoms with Gasteiger partial charge in [-0.3, -0.25) is 4.98 Å². The van der Waals surface area contributed by atoms with Crippen molar-refractivity contribution in [3.8, 4) is 0 Å². The topological polar surface area (TPSA) is 42.7 Å². The molecule has 2 aromatic rings. The van der Waals surface area contributed by atoms with E-state index < -0.39 is 0 Å².